The Morgan fingerprint density at radius 2 is 1.47 bits per heavy atom. The highest BCUT2D eigenvalue weighted by Gasteiger charge is 2.18. The molecule has 0 spiro atoms. The summed E-state index contributed by atoms with van der Waals surface area (Å²) < 4.78 is 0. The summed E-state index contributed by atoms with van der Waals surface area (Å²) in [7, 11) is 0. The average molecular weight is 212 g/mol. The first-order valence-corrected chi connectivity index (χ1v) is 6.46. The summed E-state index contributed by atoms with van der Waals surface area (Å²) in [4.78, 5) is 0. The van der Waals surface area contributed by atoms with Crippen LogP contribution >= 0.6 is 0 Å². The van der Waals surface area contributed by atoms with Gasteiger partial charge in [-0.3, -0.25) is 0 Å². The van der Waals surface area contributed by atoms with Gasteiger partial charge in [-0.1, -0.05) is 73.5 Å². The molecule has 0 saturated carbocycles. The zero-order chi connectivity index (χ0) is 12.5. The van der Waals surface area contributed by atoms with E-state index in [9.17, 15) is 0 Å². The second-order valence-electron chi connectivity index (χ2n) is 5.51. The van der Waals surface area contributed by atoms with E-state index in [0.717, 1.165) is 18.8 Å². The lowest BCUT2D eigenvalue weighted by atomic mass is 9.80. The van der Waals surface area contributed by atoms with Crippen molar-refractivity contribution in [2.45, 2.75) is 74.1 Å². The summed E-state index contributed by atoms with van der Waals surface area (Å²) >= 11 is 0. The SMILES string of the molecule is C=C(CC)CC.CCC[C@@H](C)C(C)(C)C. The van der Waals surface area contributed by atoms with E-state index >= 15 is 0 Å². The predicted octanol–water partition coefficient (Wildman–Crippen LogP) is 5.83. The summed E-state index contributed by atoms with van der Waals surface area (Å²) in [5.41, 5.74) is 1.85. The molecule has 0 bridgehead atoms. The van der Waals surface area contributed by atoms with Gasteiger partial charge < -0.3 is 0 Å². The molecule has 0 nitrogen and oxygen atoms in total. The van der Waals surface area contributed by atoms with Crippen molar-refractivity contribution in [3.8, 4) is 0 Å². The van der Waals surface area contributed by atoms with Gasteiger partial charge in [-0.15, -0.1) is 0 Å². The first-order chi connectivity index (χ1) is 6.79. The Labute approximate surface area is 98.2 Å². The molecule has 0 aliphatic heterocycles. The van der Waals surface area contributed by atoms with Crippen molar-refractivity contribution in [3.63, 3.8) is 0 Å². The molecule has 92 valence electrons. The molecule has 0 aliphatic rings. The summed E-state index contributed by atoms with van der Waals surface area (Å²) in [6.07, 6.45) is 4.95. The number of rotatable bonds is 4. The van der Waals surface area contributed by atoms with Gasteiger partial charge in [0.2, 0.25) is 0 Å². The monoisotopic (exact) mass is 212 g/mol. The summed E-state index contributed by atoms with van der Waals surface area (Å²) in [6.45, 7) is 19.6. The Bertz CT molecular complexity index is 142. The van der Waals surface area contributed by atoms with Gasteiger partial charge in [0.05, 0.1) is 0 Å². The van der Waals surface area contributed by atoms with Crippen molar-refractivity contribution < 1.29 is 0 Å². The van der Waals surface area contributed by atoms with E-state index in [-0.39, 0.29) is 0 Å². The van der Waals surface area contributed by atoms with E-state index < -0.39 is 0 Å². The molecule has 15 heavy (non-hydrogen) atoms. The molecule has 0 rings (SSSR count). The Morgan fingerprint density at radius 1 is 1.07 bits per heavy atom. The van der Waals surface area contributed by atoms with Crippen LogP contribution in [0.3, 0.4) is 0 Å². The molecule has 0 fully saturated rings. The number of hydrogen-bond acceptors (Lipinski definition) is 0. The van der Waals surface area contributed by atoms with Crippen LogP contribution in [0.1, 0.15) is 74.1 Å². The lowest BCUT2D eigenvalue weighted by Gasteiger charge is -2.26. The maximum atomic E-state index is 3.79. The second-order valence-corrected chi connectivity index (χ2v) is 5.51. The zero-order valence-corrected chi connectivity index (χ0v) is 12.1. The zero-order valence-electron chi connectivity index (χ0n) is 12.1. The fourth-order valence-corrected chi connectivity index (χ4v) is 1.12. The molecule has 0 amide bonds. The molecule has 0 aliphatic carbocycles. The van der Waals surface area contributed by atoms with E-state index in [0.29, 0.717) is 5.41 Å². The van der Waals surface area contributed by atoms with Crippen molar-refractivity contribution in [1.29, 1.82) is 0 Å². The van der Waals surface area contributed by atoms with Crippen LogP contribution in [0.25, 0.3) is 0 Å². The predicted molar refractivity (Wildman–Crippen MR) is 73.2 cm³/mol. The van der Waals surface area contributed by atoms with Crippen LogP contribution in [0.15, 0.2) is 12.2 Å². The van der Waals surface area contributed by atoms with Gasteiger partial charge in [0.1, 0.15) is 0 Å². The van der Waals surface area contributed by atoms with Gasteiger partial charge in [0, 0.05) is 0 Å². The largest absolute Gasteiger partial charge is 0.0999 e. The van der Waals surface area contributed by atoms with E-state index in [1.165, 1.54) is 18.4 Å². The minimum Gasteiger partial charge on any atom is -0.0999 e. The van der Waals surface area contributed by atoms with Crippen LogP contribution in [0.2, 0.25) is 0 Å². The molecular weight excluding hydrogens is 180 g/mol. The number of hydrogen-bond donors (Lipinski definition) is 0. The Balaban J connectivity index is 0. The van der Waals surface area contributed by atoms with Crippen LogP contribution in [-0.4, -0.2) is 0 Å². The molecule has 0 aromatic heterocycles. The molecule has 0 heterocycles. The molecule has 0 radical (unpaired) electrons. The van der Waals surface area contributed by atoms with Gasteiger partial charge in [-0.2, -0.15) is 0 Å². The Hall–Kier alpha value is -0.260. The minimum absolute atomic E-state index is 0.510. The maximum absolute atomic E-state index is 3.79. The topological polar surface area (TPSA) is 0 Å². The molecule has 0 unspecified atom stereocenters. The van der Waals surface area contributed by atoms with Crippen molar-refractivity contribution in [2.24, 2.45) is 11.3 Å². The molecule has 0 saturated heterocycles. The van der Waals surface area contributed by atoms with E-state index in [2.05, 4.69) is 55.0 Å². The summed E-state index contributed by atoms with van der Waals surface area (Å²) in [5.74, 6) is 0.863. The third kappa shape index (κ3) is 11.7. The van der Waals surface area contributed by atoms with Gasteiger partial charge in [0.15, 0.2) is 0 Å². The third-order valence-corrected chi connectivity index (χ3v) is 3.20. The molecule has 0 N–H and O–H groups in total. The first kappa shape index (κ1) is 17.1. The van der Waals surface area contributed by atoms with Crippen LogP contribution in [0.5, 0.6) is 0 Å². The van der Waals surface area contributed by atoms with Crippen LogP contribution in [0, 0.1) is 11.3 Å². The van der Waals surface area contributed by atoms with Gasteiger partial charge >= 0.3 is 0 Å². The van der Waals surface area contributed by atoms with E-state index in [4.69, 9.17) is 0 Å². The molecule has 0 heteroatoms. The highest BCUT2D eigenvalue weighted by Crippen LogP contribution is 2.28. The van der Waals surface area contributed by atoms with Gasteiger partial charge in [-0.25, -0.2) is 0 Å². The van der Waals surface area contributed by atoms with Crippen LogP contribution in [0.4, 0.5) is 0 Å². The van der Waals surface area contributed by atoms with Crippen molar-refractivity contribution in [3.05, 3.63) is 12.2 Å². The van der Waals surface area contributed by atoms with Crippen LogP contribution < -0.4 is 0 Å². The standard InChI is InChI=1S/C9H20.C6H12/c1-6-7-8(2)9(3,4)5;1-4-6(3)5-2/h8H,6-7H2,1-5H3;3-5H2,1-2H3/t8-;/m1./s1. The lowest BCUT2D eigenvalue weighted by Crippen LogP contribution is -2.16. The Kier molecular flexibility index (Phi) is 10.3. The molecule has 1 atom stereocenters. The quantitative estimate of drug-likeness (QED) is 0.514. The van der Waals surface area contributed by atoms with Crippen molar-refractivity contribution in [2.75, 3.05) is 0 Å². The summed E-state index contributed by atoms with van der Waals surface area (Å²) in [6, 6.07) is 0. The van der Waals surface area contributed by atoms with Crippen LogP contribution in [-0.2, 0) is 0 Å². The highest BCUT2D eigenvalue weighted by molar-refractivity contribution is 4.89. The van der Waals surface area contributed by atoms with E-state index in [1.54, 1.807) is 0 Å². The van der Waals surface area contributed by atoms with Gasteiger partial charge in [-0.05, 0) is 24.2 Å². The molecule has 0 aromatic rings. The van der Waals surface area contributed by atoms with Crippen molar-refractivity contribution >= 4 is 0 Å². The first-order valence-electron chi connectivity index (χ1n) is 6.46. The summed E-state index contributed by atoms with van der Waals surface area (Å²) in [5, 5.41) is 0. The number of allylic oxidation sites excluding steroid dienone is 1. The average Bonchev–Trinajstić information content (AvgIpc) is 2.16. The highest BCUT2D eigenvalue weighted by atomic mass is 14.2. The lowest BCUT2D eigenvalue weighted by molar-refractivity contribution is 0.245. The normalized spacial score (nSPS) is 12.7. The molecule has 0 aromatic carbocycles. The van der Waals surface area contributed by atoms with Crippen molar-refractivity contribution in [1.82, 2.24) is 0 Å². The Morgan fingerprint density at radius 3 is 1.53 bits per heavy atom. The van der Waals surface area contributed by atoms with E-state index in [1.807, 2.05) is 0 Å². The fourth-order valence-electron chi connectivity index (χ4n) is 1.12. The van der Waals surface area contributed by atoms with Gasteiger partial charge in [0.25, 0.3) is 0 Å². The molecular formula is C15H32. The minimum atomic E-state index is 0.510. The fraction of sp³-hybridized carbons (Fsp3) is 0.867. The second kappa shape index (κ2) is 9.00. The maximum Gasteiger partial charge on any atom is -0.0352 e. The third-order valence-electron chi connectivity index (χ3n) is 3.20. The smallest absolute Gasteiger partial charge is 0.0352 e.